The quantitative estimate of drug-likeness (QED) is 0.641. The number of hydrogen-bond donors (Lipinski definition) is 0. The van der Waals surface area contributed by atoms with Crippen molar-refractivity contribution in [3.8, 4) is 0 Å². The molecule has 0 spiro atoms. The maximum atomic E-state index is 2.34. The second-order valence-electron chi connectivity index (χ2n) is 4.25. The van der Waals surface area contributed by atoms with Crippen molar-refractivity contribution in [3.63, 3.8) is 0 Å². The summed E-state index contributed by atoms with van der Waals surface area (Å²) in [6.45, 7) is 0. The van der Waals surface area contributed by atoms with Gasteiger partial charge < -0.3 is 0 Å². The summed E-state index contributed by atoms with van der Waals surface area (Å²) in [5.74, 6) is 0.511. The molecule has 1 aliphatic heterocycles. The number of allylic oxidation sites excluding steroid dienone is 1. The van der Waals surface area contributed by atoms with E-state index in [4.69, 9.17) is 0 Å². The van der Waals surface area contributed by atoms with Crippen molar-refractivity contribution in [2.45, 2.75) is 10.8 Å². The maximum Gasteiger partial charge on any atom is 0.0420 e. The lowest BCUT2D eigenvalue weighted by atomic mass is 9.93. The molecular weight excluding hydrogens is 212 g/mol. The number of fused-ring (bicyclic) bond motifs is 5. The molecule has 1 atom stereocenters. The smallest absolute Gasteiger partial charge is 0.0420 e. The third-order valence-corrected chi connectivity index (χ3v) is 4.53. The van der Waals surface area contributed by atoms with Crippen LogP contribution < -0.4 is 0 Å². The van der Waals surface area contributed by atoms with Crippen molar-refractivity contribution in [2.24, 2.45) is 0 Å². The monoisotopic (exact) mass is 222 g/mol. The van der Waals surface area contributed by atoms with Crippen LogP contribution in [-0.2, 0) is 0 Å². The molecule has 0 fully saturated rings. The third-order valence-electron chi connectivity index (χ3n) is 3.35. The molecule has 1 unspecified atom stereocenters. The van der Waals surface area contributed by atoms with Crippen molar-refractivity contribution in [2.75, 3.05) is 0 Å². The number of thioether (sulfide) groups is 1. The zero-order chi connectivity index (χ0) is 10.5. The standard InChI is InChI=1S/C15H10S/c1-2-6-11-10(5-1)9-14-15(11)12-7-3-4-8-13(12)16-14/h1-9,15H. The minimum atomic E-state index is 0.511. The minimum absolute atomic E-state index is 0.511. The lowest BCUT2D eigenvalue weighted by Gasteiger charge is -2.09. The zero-order valence-corrected chi connectivity index (χ0v) is 9.50. The molecule has 16 heavy (non-hydrogen) atoms. The molecule has 0 saturated heterocycles. The molecule has 0 N–H and O–H groups in total. The molecule has 4 rings (SSSR count). The van der Waals surface area contributed by atoms with Crippen LogP contribution in [0, 0.1) is 0 Å². The molecule has 0 radical (unpaired) electrons. The first-order valence-electron chi connectivity index (χ1n) is 5.51. The van der Waals surface area contributed by atoms with Crippen LogP contribution >= 0.6 is 11.8 Å². The Hall–Kier alpha value is -1.47. The van der Waals surface area contributed by atoms with Gasteiger partial charge in [0.25, 0.3) is 0 Å². The summed E-state index contributed by atoms with van der Waals surface area (Å²) in [7, 11) is 0. The Balaban J connectivity index is 1.98. The second-order valence-corrected chi connectivity index (χ2v) is 5.36. The molecule has 0 bridgehead atoms. The normalized spacial score (nSPS) is 20.0. The molecule has 1 heteroatoms. The van der Waals surface area contributed by atoms with Gasteiger partial charge in [-0.1, -0.05) is 54.2 Å². The van der Waals surface area contributed by atoms with Crippen LogP contribution in [-0.4, -0.2) is 0 Å². The van der Waals surface area contributed by atoms with Gasteiger partial charge in [0.2, 0.25) is 0 Å². The highest BCUT2D eigenvalue weighted by Gasteiger charge is 2.33. The molecule has 0 saturated carbocycles. The first kappa shape index (κ1) is 8.66. The Morgan fingerprint density at radius 2 is 1.56 bits per heavy atom. The first-order valence-corrected chi connectivity index (χ1v) is 6.32. The summed E-state index contributed by atoms with van der Waals surface area (Å²) in [6.07, 6.45) is 2.34. The Morgan fingerprint density at radius 1 is 0.812 bits per heavy atom. The molecule has 0 nitrogen and oxygen atoms in total. The van der Waals surface area contributed by atoms with Crippen molar-refractivity contribution < 1.29 is 0 Å². The molecule has 1 heterocycles. The zero-order valence-electron chi connectivity index (χ0n) is 8.68. The Bertz CT molecular complexity index is 610. The van der Waals surface area contributed by atoms with Gasteiger partial charge in [-0.15, -0.1) is 0 Å². The van der Waals surface area contributed by atoms with Crippen LogP contribution in [0.25, 0.3) is 6.08 Å². The number of rotatable bonds is 0. The summed E-state index contributed by atoms with van der Waals surface area (Å²) in [4.78, 5) is 2.91. The van der Waals surface area contributed by atoms with Gasteiger partial charge >= 0.3 is 0 Å². The molecule has 1 aliphatic carbocycles. The number of benzene rings is 2. The van der Waals surface area contributed by atoms with E-state index in [9.17, 15) is 0 Å². The summed E-state index contributed by atoms with van der Waals surface area (Å²) >= 11 is 1.92. The van der Waals surface area contributed by atoms with Gasteiger partial charge in [0.1, 0.15) is 0 Å². The highest BCUT2D eigenvalue weighted by atomic mass is 32.2. The summed E-state index contributed by atoms with van der Waals surface area (Å²) in [6, 6.07) is 17.5. The van der Waals surface area contributed by atoms with E-state index >= 15 is 0 Å². The molecule has 2 aromatic carbocycles. The molecule has 2 aromatic rings. The Morgan fingerprint density at radius 3 is 2.50 bits per heavy atom. The minimum Gasteiger partial charge on any atom is -0.0932 e. The van der Waals surface area contributed by atoms with Gasteiger partial charge in [-0.25, -0.2) is 0 Å². The van der Waals surface area contributed by atoms with Crippen molar-refractivity contribution in [3.05, 3.63) is 70.1 Å². The van der Waals surface area contributed by atoms with Crippen molar-refractivity contribution >= 4 is 17.8 Å². The molecule has 76 valence electrons. The summed E-state index contributed by atoms with van der Waals surface area (Å²) < 4.78 is 0. The van der Waals surface area contributed by atoms with E-state index in [1.165, 1.54) is 26.5 Å². The fourth-order valence-corrected chi connectivity index (χ4v) is 3.91. The predicted octanol–water partition coefficient (Wildman–Crippen LogP) is 4.28. The lowest BCUT2D eigenvalue weighted by molar-refractivity contribution is 1.02. The van der Waals surface area contributed by atoms with Crippen molar-refractivity contribution in [1.82, 2.24) is 0 Å². The van der Waals surface area contributed by atoms with Gasteiger partial charge in [0.05, 0.1) is 0 Å². The SMILES string of the molecule is C1=C2Sc3ccccc3C2c2ccccc21. The highest BCUT2D eigenvalue weighted by molar-refractivity contribution is 8.03. The van der Waals surface area contributed by atoms with Gasteiger partial charge in [-0.3, -0.25) is 0 Å². The van der Waals surface area contributed by atoms with E-state index in [2.05, 4.69) is 54.6 Å². The van der Waals surface area contributed by atoms with Gasteiger partial charge in [-0.05, 0) is 28.8 Å². The van der Waals surface area contributed by atoms with E-state index in [-0.39, 0.29) is 0 Å². The maximum absolute atomic E-state index is 2.34. The molecule has 2 aliphatic rings. The number of hydrogen-bond acceptors (Lipinski definition) is 1. The highest BCUT2D eigenvalue weighted by Crippen LogP contribution is 2.55. The van der Waals surface area contributed by atoms with Crippen LogP contribution in [0.15, 0.2) is 58.3 Å². The molecular formula is C15H10S. The lowest BCUT2D eigenvalue weighted by Crippen LogP contribution is -1.94. The van der Waals surface area contributed by atoms with Crippen LogP contribution in [0.1, 0.15) is 22.6 Å². The fourth-order valence-electron chi connectivity index (χ4n) is 2.64. The predicted molar refractivity (Wildman–Crippen MR) is 68.6 cm³/mol. The third kappa shape index (κ3) is 1.01. The van der Waals surface area contributed by atoms with Crippen LogP contribution in [0.5, 0.6) is 0 Å². The second kappa shape index (κ2) is 3.02. The average Bonchev–Trinajstić information content (AvgIpc) is 2.83. The summed E-state index contributed by atoms with van der Waals surface area (Å²) in [5.41, 5.74) is 4.34. The first-order chi connectivity index (χ1) is 7.93. The van der Waals surface area contributed by atoms with E-state index in [0.29, 0.717) is 5.92 Å². The van der Waals surface area contributed by atoms with Gasteiger partial charge in [0, 0.05) is 15.7 Å². The van der Waals surface area contributed by atoms with Gasteiger partial charge in [-0.2, -0.15) is 0 Å². The Kier molecular flexibility index (Phi) is 1.63. The van der Waals surface area contributed by atoms with Crippen LogP contribution in [0.2, 0.25) is 0 Å². The average molecular weight is 222 g/mol. The van der Waals surface area contributed by atoms with Crippen LogP contribution in [0.3, 0.4) is 0 Å². The van der Waals surface area contributed by atoms with Crippen LogP contribution in [0.4, 0.5) is 0 Å². The fraction of sp³-hybridized carbons (Fsp3) is 0.0667. The van der Waals surface area contributed by atoms with E-state index in [1.54, 1.807) is 0 Å². The molecule has 0 amide bonds. The largest absolute Gasteiger partial charge is 0.0932 e. The molecule has 0 aromatic heterocycles. The van der Waals surface area contributed by atoms with E-state index in [0.717, 1.165) is 0 Å². The Labute approximate surface area is 99.0 Å². The van der Waals surface area contributed by atoms with Crippen molar-refractivity contribution in [1.29, 1.82) is 0 Å². The van der Waals surface area contributed by atoms with E-state index in [1.807, 2.05) is 11.8 Å². The van der Waals surface area contributed by atoms with E-state index < -0.39 is 0 Å². The summed E-state index contributed by atoms with van der Waals surface area (Å²) in [5, 5.41) is 0. The topological polar surface area (TPSA) is 0 Å². The van der Waals surface area contributed by atoms with Gasteiger partial charge in [0.15, 0.2) is 0 Å².